The molecule has 6 heteroatoms. The second kappa shape index (κ2) is 6.24. The van der Waals surface area contributed by atoms with Gasteiger partial charge in [0, 0.05) is 6.04 Å². The third kappa shape index (κ3) is 3.26. The van der Waals surface area contributed by atoms with Crippen LogP contribution in [0.2, 0.25) is 0 Å². The van der Waals surface area contributed by atoms with Crippen LogP contribution in [0, 0.1) is 0 Å². The predicted molar refractivity (Wildman–Crippen MR) is 66.5 cm³/mol. The average Bonchev–Trinajstić information content (AvgIpc) is 2.36. The summed E-state index contributed by atoms with van der Waals surface area (Å²) in [6, 6.07) is 5.99. The molecule has 3 nitrogen and oxygen atoms in total. The Balaban J connectivity index is 3.15. The van der Waals surface area contributed by atoms with Gasteiger partial charge in [-0.3, -0.25) is 0 Å². The van der Waals surface area contributed by atoms with Gasteiger partial charge in [0.15, 0.2) is 0 Å². The summed E-state index contributed by atoms with van der Waals surface area (Å²) in [5.74, 6) is -3.38. The van der Waals surface area contributed by atoms with Gasteiger partial charge in [0.2, 0.25) is 9.84 Å². The Hall–Kier alpha value is -1.01. The Bertz CT molecular complexity index is 485. The largest absolute Gasteiger partial charge is 0.341 e. The monoisotopic (exact) mass is 277 g/mol. The Morgan fingerprint density at radius 1 is 1.28 bits per heavy atom. The summed E-state index contributed by atoms with van der Waals surface area (Å²) >= 11 is 0. The van der Waals surface area contributed by atoms with Crippen molar-refractivity contribution in [2.75, 3.05) is 7.05 Å². The fourth-order valence-electron chi connectivity index (χ4n) is 1.76. The normalized spacial score (nSPS) is 13.8. The summed E-state index contributed by atoms with van der Waals surface area (Å²) in [7, 11) is -2.77. The first-order chi connectivity index (χ1) is 8.43. The highest BCUT2D eigenvalue weighted by molar-refractivity contribution is 7.91. The summed E-state index contributed by atoms with van der Waals surface area (Å²) in [4.78, 5) is -0.270. The van der Waals surface area contributed by atoms with Crippen molar-refractivity contribution in [1.29, 1.82) is 0 Å². The van der Waals surface area contributed by atoms with Gasteiger partial charge in [-0.2, -0.15) is 8.78 Å². The molecule has 1 atom stereocenters. The highest BCUT2D eigenvalue weighted by atomic mass is 32.2. The molecule has 0 aliphatic heterocycles. The highest BCUT2D eigenvalue weighted by Crippen LogP contribution is 2.23. The number of rotatable bonds is 6. The van der Waals surface area contributed by atoms with Gasteiger partial charge in [-0.15, -0.1) is 0 Å². The van der Waals surface area contributed by atoms with E-state index in [-0.39, 0.29) is 10.9 Å². The molecule has 0 aliphatic rings. The standard InChI is InChI=1S/C12H17F2NO2S/c1-3-10(15-2)8-9-6-4-5-7-11(9)18(16,17)12(13)14/h4-7,10,12,15H,3,8H2,1-2H3. The van der Waals surface area contributed by atoms with Crippen molar-refractivity contribution < 1.29 is 17.2 Å². The van der Waals surface area contributed by atoms with E-state index in [1.807, 2.05) is 6.92 Å². The van der Waals surface area contributed by atoms with E-state index in [0.29, 0.717) is 12.0 Å². The van der Waals surface area contributed by atoms with E-state index in [1.54, 1.807) is 19.2 Å². The van der Waals surface area contributed by atoms with E-state index in [0.717, 1.165) is 6.42 Å². The molecule has 0 amide bonds. The second-order valence-electron chi connectivity index (χ2n) is 4.01. The molecule has 1 aromatic carbocycles. The maximum Gasteiger partial charge on any atom is 0.341 e. The number of hydrogen-bond donors (Lipinski definition) is 1. The molecule has 1 aromatic rings. The van der Waals surface area contributed by atoms with Gasteiger partial charge in [-0.05, 0) is 31.5 Å². The SMILES string of the molecule is CCC(Cc1ccccc1S(=O)(=O)C(F)F)NC. The molecule has 0 bridgehead atoms. The molecule has 0 aromatic heterocycles. The lowest BCUT2D eigenvalue weighted by molar-refractivity contribution is 0.234. The molecule has 0 spiro atoms. The van der Waals surface area contributed by atoms with Gasteiger partial charge in [-0.25, -0.2) is 8.42 Å². The van der Waals surface area contributed by atoms with Gasteiger partial charge in [0.1, 0.15) is 0 Å². The van der Waals surface area contributed by atoms with Crippen LogP contribution in [-0.2, 0) is 16.3 Å². The van der Waals surface area contributed by atoms with E-state index in [2.05, 4.69) is 5.32 Å². The number of nitrogens with one attached hydrogen (secondary N) is 1. The minimum Gasteiger partial charge on any atom is -0.317 e. The third-order valence-electron chi connectivity index (χ3n) is 2.88. The van der Waals surface area contributed by atoms with Crippen molar-refractivity contribution in [3.8, 4) is 0 Å². The second-order valence-corrected chi connectivity index (χ2v) is 5.90. The maximum absolute atomic E-state index is 12.6. The molecular formula is C12H17F2NO2S. The van der Waals surface area contributed by atoms with Crippen molar-refractivity contribution in [3.05, 3.63) is 29.8 Å². The van der Waals surface area contributed by atoms with Crippen molar-refractivity contribution in [2.24, 2.45) is 0 Å². The van der Waals surface area contributed by atoms with E-state index in [9.17, 15) is 17.2 Å². The summed E-state index contributed by atoms with van der Waals surface area (Å²) in [6.07, 6.45) is 1.20. The molecule has 0 saturated carbocycles. The minimum absolute atomic E-state index is 0.0685. The number of alkyl halides is 2. The van der Waals surface area contributed by atoms with Crippen molar-refractivity contribution in [3.63, 3.8) is 0 Å². The van der Waals surface area contributed by atoms with Crippen LogP contribution in [0.3, 0.4) is 0 Å². The molecule has 0 radical (unpaired) electrons. The predicted octanol–water partition coefficient (Wildman–Crippen LogP) is 2.22. The molecule has 1 N–H and O–H groups in total. The third-order valence-corrected chi connectivity index (χ3v) is 4.36. The fourth-order valence-corrected chi connectivity index (χ4v) is 2.74. The Kier molecular flexibility index (Phi) is 5.22. The van der Waals surface area contributed by atoms with Gasteiger partial charge in [0.25, 0.3) is 0 Å². The van der Waals surface area contributed by atoms with Crippen LogP contribution in [0.1, 0.15) is 18.9 Å². The molecule has 1 unspecified atom stereocenters. The first kappa shape index (κ1) is 15.0. The summed E-state index contributed by atoms with van der Waals surface area (Å²) in [6.45, 7) is 1.95. The zero-order valence-electron chi connectivity index (χ0n) is 10.4. The smallest absolute Gasteiger partial charge is 0.317 e. The van der Waals surface area contributed by atoms with Crippen molar-refractivity contribution in [1.82, 2.24) is 5.32 Å². The van der Waals surface area contributed by atoms with Gasteiger partial charge in [0.05, 0.1) is 4.90 Å². The first-order valence-electron chi connectivity index (χ1n) is 5.70. The number of benzene rings is 1. The summed E-state index contributed by atoms with van der Waals surface area (Å²) in [5, 5.41) is 3.03. The summed E-state index contributed by atoms with van der Waals surface area (Å²) in [5.41, 5.74) is 0.430. The van der Waals surface area contributed by atoms with Crippen LogP contribution in [-0.4, -0.2) is 27.3 Å². The first-order valence-corrected chi connectivity index (χ1v) is 7.25. The Morgan fingerprint density at radius 2 is 1.89 bits per heavy atom. The van der Waals surface area contributed by atoms with E-state index < -0.39 is 15.6 Å². The molecular weight excluding hydrogens is 260 g/mol. The number of halogens is 2. The molecule has 102 valence electrons. The Morgan fingerprint density at radius 3 is 2.39 bits per heavy atom. The zero-order valence-corrected chi connectivity index (χ0v) is 11.2. The van der Waals surface area contributed by atoms with Gasteiger partial charge >= 0.3 is 5.76 Å². The molecule has 0 saturated heterocycles. The van der Waals surface area contributed by atoms with Gasteiger partial charge < -0.3 is 5.32 Å². The highest BCUT2D eigenvalue weighted by Gasteiger charge is 2.29. The number of likely N-dealkylation sites (N-methyl/N-ethyl adjacent to an activating group) is 1. The van der Waals surface area contributed by atoms with Gasteiger partial charge in [-0.1, -0.05) is 25.1 Å². The fraction of sp³-hybridized carbons (Fsp3) is 0.500. The average molecular weight is 277 g/mol. The van der Waals surface area contributed by atoms with Crippen molar-refractivity contribution >= 4 is 9.84 Å². The Labute approximate surface area is 106 Å². The molecule has 18 heavy (non-hydrogen) atoms. The van der Waals surface area contributed by atoms with Crippen molar-refractivity contribution in [2.45, 2.75) is 36.5 Å². The lowest BCUT2D eigenvalue weighted by atomic mass is 10.0. The van der Waals surface area contributed by atoms with Crippen LogP contribution in [0.25, 0.3) is 0 Å². The van der Waals surface area contributed by atoms with Crippen LogP contribution in [0.4, 0.5) is 8.78 Å². The lowest BCUT2D eigenvalue weighted by Gasteiger charge is -2.16. The topological polar surface area (TPSA) is 46.2 Å². The number of hydrogen-bond acceptors (Lipinski definition) is 3. The van der Waals surface area contributed by atoms with E-state index >= 15 is 0 Å². The zero-order chi connectivity index (χ0) is 13.8. The minimum atomic E-state index is -4.53. The lowest BCUT2D eigenvalue weighted by Crippen LogP contribution is -2.27. The molecule has 0 fully saturated rings. The molecule has 0 heterocycles. The maximum atomic E-state index is 12.6. The van der Waals surface area contributed by atoms with Crippen LogP contribution in [0.15, 0.2) is 29.2 Å². The van der Waals surface area contributed by atoms with Crippen LogP contribution in [0.5, 0.6) is 0 Å². The number of sulfone groups is 1. The summed E-state index contributed by atoms with van der Waals surface area (Å²) < 4.78 is 48.2. The van der Waals surface area contributed by atoms with Crippen LogP contribution < -0.4 is 5.32 Å². The van der Waals surface area contributed by atoms with Crippen LogP contribution >= 0.6 is 0 Å². The molecule has 0 aliphatic carbocycles. The van der Waals surface area contributed by atoms with E-state index in [4.69, 9.17) is 0 Å². The molecule has 1 rings (SSSR count). The van der Waals surface area contributed by atoms with E-state index in [1.165, 1.54) is 12.1 Å². The quantitative estimate of drug-likeness (QED) is 0.867.